The molecule has 26 heavy (non-hydrogen) atoms. The summed E-state index contributed by atoms with van der Waals surface area (Å²) in [5, 5.41) is 0. The second-order valence-electron chi connectivity index (χ2n) is 9.20. The molecule has 2 saturated carbocycles. The first-order chi connectivity index (χ1) is 12.8. The van der Waals surface area contributed by atoms with E-state index in [1.54, 1.807) is 4.90 Å². The molecule has 1 amide bonds. The Kier molecular flexibility index (Phi) is 6.31. The monoisotopic (exact) mass is 361 g/mol. The highest BCUT2D eigenvalue weighted by Crippen LogP contribution is 2.43. The van der Waals surface area contributed by atoms with Gasteiger partial charge < -0.3 is 14.5 Å². The number of hydrogen-bond acceptors (Lipinski definition) is 2. The van der Waals surface area contributed by atoms with Gasteiger partial charge in [0, 0.05) is 13.0 Å². The van der Waals surface area contributed by atoms with Crippen molar-refractivity contribution in [3.8, 4) is 0 Å². The van der Waals surface area contributed by atoms with Gasteiger partial charge in [0.15, 0.2) is 0 Å². The van der Waals surface area contributed by atoms with Crippen LogP contribution in [0, 0.1) is 23.7 Å². The van der Waals surface area contributed by atoms with Gasteiger partial charge in [-0.25, -0.2) is 0 Å². The van der Waals surface area contributed by atoms with Crippen molar-refractivity contribution < 1.29 is 14.4 Å². The predicted octanol–water partition coefficient (Wildman–Crippen LogP) is 1.91. The van der Waals surface area contributed by atoms with Crippen LogP contribution in [-0.4, -0.2) is 56.7 Å². The van der Waals surface area contributed by atoms with Gasteiger partial charge in [-0.15, -0.1) is 0 Å². The molecule has 4 aliphatic rings. The molecule has 4 nitrogen and oxygen atoms in total. The molecule has 3 aliphatic carbocycles. The van der Waals surface area contributed by atoms with E-state index in [2.05, 4.69) is 17.1 Å². The number of fused-ring (bicyclic) bond motifs is 2. The fourth-order valence-corrected chi connectivity index (χ4v) is 5.68. The van der Waals surface area contributed by atoms with Crippen molar-refractivity contribution in [2.75, 3.05) is 45.9 Å². The molecular formula is C22H37N2O2+. The van der Waals surface area contributed by atoms with Crippen LogP contribution >= 0.6 is 0 Å². The van der Waals surface area contributed by atoms with Crippen LogP contribution in [0.4, 0.5) is 0 Å². The number of ether oxygens (including phenoxy) is 1. The molecule has 1 heterocycles. The molecule has 4 heteroatoms. The van der Waals surface area contributed by atoms with Gasteiger partial charge in [-0.1, -0.05) is 31.4 Å². The number of hydrogen-bond donors (Lipinski definition) is 1. The van der Waals surface area contributed by atoms with Crippen molar-refractivity contribution in [2.24, 2.45) is 23.7 Å². The summed E-state index contributed by atoms with van der Waals surface area (Å²) in [6, 6.07) is 0. The number of allylic oxidation sites excluding steroid dienone is 2. The molecule has 146 valence electrons. The molecule has 4 rings (SSSR count). The van der Waals surface area contributed by atoms with Crippen molar-refractivity contribution in [3.63, 3.8) is 0 Å². The van der Waals surface area contributed by atoms with Gasteiger partial charge in [0.1, 0.15) is 13.1 Å². The Bertz CT molecular complexity index is 494. The zero-order chi connectivity index (χ0) is 17.8. The Hall–Kier alpha value is -0.870. The van der Waals surface area contributed by atoms with E-state index < -0.39 is 0 Å². The molecule has 0 aromatic heterocycles. The summed E-state index contributed by atoms with van der Waals surface area (Å²) in [6.07, 6.45) is 14.8. The molecule has 1 N–H and O–H groups in total. The maximum absolute atomic E-state index is 13.2. The van der Waals surface area contributed by atoms with Crippen molar-refractivity contribution in [3.05, 3.63) is 12.2 Å². The van der Waals surface area contributed by atoms with Crippen LogP contribution in [0.2, 0.25) is 0 Å². The lowest BCUT2D eigenvalue weighted by Crippen LogP contribution is -3.14. The third-order valence-electron chi connectivity index (χ3n) is 7.35. The molecule has 0 aromatic carbocycles. The number of carbonyl (C=O) groups excluding carboxylic acids is 1. The maximum atomic E-state index is 13.2. The summed E-state index contributed by atoms with van der Waals surface area (Å²) >= 11 is 0. The van der Waals surface area contributed by atoms with Crippen LogP contribution < -0.4 is 4.90 Å². The van der Waals surface area contributed by atoms with E-state index in [1.807, 2.05) is 0 Å². The predicted molar refractivity (Wildman–Crippen MR) is 103 cm³/mol. The first-order valence-corrected chi connectivity index (χ1v) is 11.2. The van der Waals surface area contributed by atoms with Gasteiger partial charge >= 0.3 is 0 Å². The topological polar surface area (TPSA) is 34.0 Å². The van der Waals surface area contributed by atoms with E-state index in [-0.39, 0.29) is 0 Å². The molecule has 1 aliphatic heterocycles. The van der Waals surface area contributed by atoms with E-state index in [1.165, 1.54) is 44.9 Å². The quantitative estimate of drug-likeness (QED) is 0.703. The van der Waals surface area contributed by atoms with Crippen LogP contribution in [-0.2, 0) is 9.53 Å². The van der Waals surface area contributed by atoms with Crippen LogP contribution in [0.1, 0.15) is 51.4 Å². The minimum absolute atomic E-state index is 0.441. The SMILES string of the molecule is O=C(CC1CCCCC1)N(CC[NH+]1CCOCC1)C[C@H]1C[C@H]2C=C[C@@H]1C2. The van der Waals surface area contributed by atoms with E-state index in [4.69, 9.17) is 4.74 Å². The average Bonchev–Trinajstić information content (AvgIpc) is 3.30. The summed E-state index contributed by atoms with van der Waals surface area (Å²) in [5.41, 5.74) is 0. The van der Waals surface area contributed by atoms with Crippen molar-refractivity contribution >= 4 is 5.91 Å². The van der Waals surface area contributed by atoms with Gasteiger partial charge in [0.05, 0.1) is 26.3 Å². The Balaban J connectivity index is 1.33. The molecule has 1 saturated heterocycles. The van der Waals surface area contributed by atoms with Crippen LogP contribution in [0.5, 0.6) is 0 Å². The zero-order valence-corrected chi connectivity index (χ0v) is 16.3. The minimum atomic E-state index is 0.441. The highest BCUT2D eigenvalue weighted by Gasteiger charge is 2.37. The number of rotatable bonds is 7. The van der Waals surface area contributed by atoms with E-state index >= 15 is 0 Å². The van der Waals surface area contributed by atoms with Crippen molar-refractivity contribution in [1.82, 2.24) is 4.90 Å². The lowest BCUT2D eigenvalue weighted by Gasteiger charge is -2.32. The van der Waals surface area contributed by atoms with Gasteiger partial charge in [-0.05, 0) is 49.4 Å². The van der Waals surface area contributed by atoms with Gasteiger partial charge in [-0.3, -0.25) is 4.79 Å². The van der Waals surface area contributed by atoms with Gasteiger partial charge in [0.2, 0.25) is 5.91 Å². The molecule has 0 aromatic rings. The summed E-state index contributed by atoms with van der Waals surface area (Å²) < 4.78 is 5.49. The molecule has 3 atom stereocenters. The third-order valence-corrected chi connectivity index (χ3v) is 7.35. The summed E-state index contributed by atoms with van der Waals surface area (Å²) in [6.45, 7) is 6.99. The number of quaternary nitrogens is 1. The summed E-state index contributed by atoms with van der Waals surface area (Å²) in [4.78, 5) is 17.0. The molecule has 2 bridgehead atoms. The van der Waals surface area contributed by atoms with Gasteiger partial charge in [-0.2, -0.15) is 0 Å². The third kappa shape index (κ3) is 4.69. The van der Waals surface area contributed by atoms with Crippen LogP contribution in [0.25, 0.3) is 0 Å². The normalized spacial score (nSPS) is 32.2. The number of amides is 1. The summed E-state index contributed by atoms with van der Waals surface area (Å²) in [5.74, 6) is 3.33. The van der Waals surface area contributed by atoms with Crippen molar-refractivity contribution in [1.29, 1.82) is 0 Å². The lowest BCUT2D eigenvalue weighted by atomic mass is 9.86. The fraction of sp³-hybridized carbons (Fsp3) is 0.864. The second kappa shape index (κ2) is 8.88. The molecule has 0 unspecified atom stereocenters. The Morgan fingerprint density at radius 2 is 1.88 bits per heavy atom. The smallest absolute Gasteiger partial charge is 0.223 e. The van der Waals surface area contributed by atoms with E-state index in [9.17, 15) is 4.79 Å². The highest BCUT2D eigenvalue weighted by atomic mass is 16.5. The molecule has 0 spiro atoms. The Morgan fingerprint density at radius 3 is 2.58 bits per heavy atom. The second-order valence-corrected chi connectivity index (χ2v) is 9.20. The zero-order valence-electron chi connectivity index (χ0n) is 16.3. The van der Waals surface area contributed by atoms with E-state index in [0.717, 1.165) is 64.2 Å². The van der Waals surface area contributed by atoms with Gasteiger partial charge in [0.25, 0.3) is 0 Å². The summed E-state index contributed by atoms with van der Waals surface area (Å²) in [7, 11) is 0. The number of nitrogens with zero attached hydrogens (tertiary/aromatic N) is 1. The molecule has 0 radical (unpaired) electrons. The largest absolute Gasteiger partial charge is 0.370 e. The lowest BCUT2D eigenvalue weighted by molar-refractivity contribution is -0.907. The van der Waals surface area contributed by atoms with Crippen molar-refractivity contribution in [2.45, 2.75) is 51.4 Å². The number of nitrogens with one attached hydrogen (secondary N) is 1. The van der Waals surface area contributed by atoms with E-state index in [0.29, 0.717) is 17.7 Å². The Labute approximate surface area is 158 Å². The fourth-order valence-electron chi connectivity index (χ4n) is 5.68. The minimum Gasteiger partial charge on any atom is -0.370 e. The number of morpholine rings is 1. The van der Waals surface area contributed by atoms with Crippen LogP contribution in [0.15, 0.2) is 12.2 Å². The molecule has 3 fully saturated rings. The Morgan fingerprint density at radius 1 is 1.08 bits per heavy atom. The molecular weight excluding hydrogens is 324 g/mol. The standard InChI is InChI=1S/C22H36N2O2/c25-22(16-18-4-2-1-3-5-18)24(9-8-23-10-12-26-13-11-23)17-21-15-19-6-7-20(21)14-19/h6-7,18-21H,1-5,8-17H2/p+1/t19-,20+,21+/m0/s1. The average molecular weight is 362 g/mol. The first-order valence-electron chi connectivity index (χ1n) is 11.2. The maximum Gasteiger partial charge on any atom is 0.223 e. The van der Waals surface area contributed by atoms with Crippen LogP contribution in [0.3, 0.4) is 0 Å². The first kappa shape index (κ1) is 18.5. The number of carbonyl (C=O) groups is 1. The highest BCUT2D eigenvalue weighted by molar-refractivity contribution is 5.76.